The van der Waals surface area contributed by atoms with Crippen LogP contribution in [-0.4, -0.2) is 5.78 Å². The lowest BCUT2D eigenvalue weighted by atomic mass is 10.2. The monoisotopic (exact) mass is 208 g/mol. The predicted octanol–water partition coefficient (Wildman–Crippen LogP) is 4.30. The molecule has 0 amide bonds. The highest BCUT2D eigenvalue weighted by Crippen LogP contribution is 2.01. The summed E-state index contributed by atoms with van der Waals surface area (Å²) in [4.78, 5) is 10.3. The van der Waals surface area contributed by atoms with Gasteiger partial charge in [-0.3, -0.25) is 4.79 Å². The molecule has 1 heteroatoms. The van der Waals surface area contributed by atoms with Gasteiger partial charge >= 0.3 is 0 Å². The summed E-state index contributed by atoms with van der Waals surface area (Å²) in [5.74, 6) is 0.0787. The number of carbonyl (C=O) groups is 1. The second-order valence-corrected chi connectivity index (χ2v) is 3.36. The van der Waals surface area contributed by atoms with E-state index >= 15 is 0 Å². The van der Waals surface area contributed by atoms with Crippen LogP contribution in [0.3, 0.4) is 0 Å². The number of allylic oxidation sites excluding steroid dienone is 2. The second kappa shape index (κ2) is 15.6. The molecule has 0 atom stereocenters. The summed E-state index contributed by atoms with van der Waals surface area (Å²) in [7, 11) is 0. The fraction of sp³-hybridized carbons (Fsp3) is 0.571. The van der Waals surface area contributed by atoms with Crippen LogP contribution in [0.15, 0.2) is 18.7 Å². The van der Waals surface area contributed by atoms with Gasteiger partial charge in [-0.1, -0.05) is 52.3 Å². The van der Waals surface area contributed by atoms with Crippen LogP contribution in [-0.2, 0) is 4.79 Å². The largest absolute Gasteiger partial charge is 0.295 e. The molecule has 86 valence electrons. The number of ketones is 1. The van der Waals surface area contributed by atoms with Gasteiger partial charge in [-0.2, -0.15) is 0 Å². The lowest BCUT2D eigenvalue weighted by Crippen LogP contribution is -1.87. The van der Waals surface area contributed by atoms with E-state index in [2.05, 4.69) is 20.4 Å². The average Bonchev–Trinajstić information content (AvgIpc) is 2.26. The van der Waals surface area contributed by atoms with Crippen molar-refractivity contribution in [2.45, 2.75) is 51.9 Å². The predicted molar refractivity (Wildman–Crippen MR) is 67.4 cm³/mol. The molecule has 0 N–H and O–H groups in total. The molecular weight excluding hydrogens is 184 g/mol. The minimum absolute atomic E-state index is 0.0787. The van der Waals surface area contributed by atoms with Gasteiger partial charge < -0.3 is 0 Å². The number of rotatable bonds is 8. The SMILES string of the molecule is [CH2]CCC(=O)C=C.[CH]=CCCCCCC. The van der Waals surface area contributed by atoms with Crippen LogP contribution in [0.2, 0.25) is 0 Å². The highest BCUT2D eigenvalue weighted by molar-refractivity contribution is 5.88. The Bertz CT molecular complexity index is 159. The molecule has 0 unspecified atom stereocenters. The van der Waals surface area contributed by atoms with Crippen molar-refractivity contribution in [2.24, 2.45) is 0 Å². The molecule has 0 aromatic heterocycles. The number of unbranched alkanes of at least 4 members (excludes halogenated alkanes) is 4. The van der Waals surface area contributed by atoms with Gasteiger partial charge in [0, 0.05) is 6.42 Å². The maximum absolute atomic E-state index is 10.3. The highest BCUT2D eigenvalue weighted by Gasteiger charge is 1.87. The Morgan fingerprint density at radius 2 is 2.00 bits per heavy atom. The standard InChI is InChI=1S/C8H15.C6H9O/c1-3-5-7-8-6-4-2;1-3-5-6(7)4-2/h1,3H,4-8H2,2H3;4H,1-3,5H2. The highest BCUT2D eigenvalue weighted by atomic mass is 16.1. The van der Waals surface area contributed by atoms with E-state index in [0.717, 1.165) is 6.42 Å². The Morgan fingerprint density at radius 1 is 1.33 bits per heavy atom. The molecule has 1 nitrogen and oxygen atoms in total. The van der Waals surface area contributed by atoms with Crippen LogP contribution in [0.1, 0.15) is 51.9 Å². The molecule has 0 heterocycles. The molecule has 0 bridgehead atoms. The van der Waals surface area contributed by atoms with E-state index in [0.29, 0.717) is 12.8 Å². The molecule has 0 aliphatic heterocycles. The van der Waals surface area contributed by atoms with Gasteiger partial charge in [0.1, 0.15) is 0 Å². The van der Waals surface area contributed by atoms with Crippen LogP contribution in [0.5, 0.6) is 0 Å². The van der Waals surface area contributed by atoms with E-state index in [4.69, 9.17) is 6.58 Å². The minimum Gasteiger partial charge on any atom is -0.295 e. The Hall–Kier alpha value is -0.850. The van der Waals surface area contributed by atoms with Crippen molar-refractivity contribution < 1.29 is 4.79 Å². The summed E-state index contributed by atoms with van der Waals surface area (Å²) in [5, 5.41) is 0. The molecule has 0 aliphatic carbocycles. The first-order valence-electron chi connectivity index (χ1n) is 5.70. The average molecular weight is 208 g/mol. The fourth-order valence-corrected chi connectivity index (χ4v) is 0.965. The van der Waals surface area contributed by atoms with Gasteiger partial charge in [0.2, 0.25) is 0 Å². The summed E-state index contributed by atoms with van der Waals surface area (Å²) < 4.78 is 0. The summed E-state index contributed by atoms with van der Waals surface area (Å²) in [5.41, 5.74) is 0. The van der Waals surface area contributed by atoms with E-state index < -0.39 is 0 Å². The Morgan fingerprint density at radius 3 is 2.33 bits per heavy atom. The summed E-state index contributed by atoms with van der Waals surface area (Å²) in [6, 6.07) is 0. The fourth-order valence-electron chi connectivity index (χ4n) is 0.965. The van der Waals surface area contributed by atoms with Gasteiger partial charge in [0.25, 0.3) is 0 Å². The normalized spacial score (nSPS) is 8.67. The lowest BCUT2D eigenvalue weighted by molar-refractivity contribution is -0.114. The van der Waals surface area contributed by atoms with E-state index in [1.165, 1.54) is 31.8 Å². The van der Waals surface area contributed by atoms with Crippen molar-refractivity contribution in [2.75, 3.05) is 0 Å². The van der Waals surface area contributed by atoms with Crippen molar-refractivity contribution in [1.29, 1.82) is 0 Å². The van der Waals surface area contributed by atoms with Crippen LogP contribution >= 0.6 is 0 Å². The van der Waals surface area contributed by atoms with E-state index in [1.54, 1.807) is 6.08 Å². The zero-order valence-corrected chi connectivity index (χ0v) is 10.0. The molecule has 0 aliphatic rings. The maximum atomic E-state index is 10.3. The molecule has 0 spiro atoms. The Balaban J connectivity index is 0. The Labute approximate surface area is 95.3 Å². The zero-order valence-electron chi connectivity index (χ0n) is 10.0. The van der Waals surface area contributed by atoms with E-state index in [-0.39, 0.29) is 5.78 Å². The van der Waals surface area contributed by atoms with Crippen molar-refractivity contribution >= 4 is 5.78 Å². The van der Waals surface area contributed by atoms with Crippen LogP contribution in [0.4, 0.5) is 0 Å². The molecule has 0 saturated carbocycles. The molecule has 0 rings (SSSR count). The third-order valence-corrected chi connectivity index (χ3v) is 1.88. The number of carbonyl (C=O) groups excluding carboxylic acids is 1. The smallest absolute Gasteiger partial charge is 0.155 e. The summed E-state index contributed by atoms with van der Waals surface area (Å²) in [6.07, 6.45) is 10.6. The number of hydrogen-bond acceptors (Lipinski definition) is 1. The maximum Gasteiger partial charge on any atom is 0.155 e. The molecule has 2 radical (unpaired) electrons. The molecule has 0 aromatic carbocycles. The van der Waals surface area contributed by atoms with Crippen molar-refractivity contribution in [3.05, 3.63) is 32.2 Å². The second-order valence-electron chi connectivity index (χ2n) is 3.36. The molecule has 15 heavy (non-hydrogen) atoms. The molecule has 0 fully saturated rings. The third-order valence-electron chi connectivity index (χ3n) is 1.88. The summed E-state index contributed by atoms with van der Waals surface area (Å²) in [6.45, 7) is 14.2. The van der Waals surface area contributed by atoms with Crippen molar-refractivity contribution in [3.63, 3.8) is 0 Å². The topological polar surface area (TPSA) is 17.1 Å². The number of hydrogen-bond donors (Lipinski definition) is 0. The van der Waals surface area contributed by atoms with Gasteiger partial charge in [-0.05, 0) is 25.3 Å². The lowest BCUT2D eigenvalue weighted by Gasteiger charge is -1.91. The van der Waals surface area contributed by atoms with Gasteiger partial charge in [-0.15, -0.1) is 0 Å². The van der Waals surface area contributed by atoms with Gasteiger partial charge in [0.15, 0.2) is 5.78 Å². The van der Waals surface area contributed by atoms with E-state index in [9.17, 15) is 4.79 Å². The van der Waals surface area contributed by atoms with Crippen molar-refractivity contribution in [1.82, 2.24) is 0 Å². The van der Waals surface area contributed by atoms with E-state index in [1.807, 2.05) is 0 Å². The quantitative estimate of drug-likeness (QED) is 0.429. The molecule has 0 aromatic rings. The van der Waals surface area contributed by atoms with Crippen LogP contribution < -0.4 is 0 Å². The summed E-state index contributed by atoms with van der Waals surface area (Å²) >= 11 is 0. The van der Waals surface area contributed by atoms with Crippen LogP contribution in [0, 0.1) is 13.5 Å². The first kappa shape index (κ1) is 16.6. The first-order valence-corrected chi connectivity index (χ1v) is 5.70. The first-order chi connectivity index (χ1) is 7.22. The van der Waals surface area contributed by atoms with Crippen molar-refractivity contribution in [3.8, 4) is 0 Å². The molecular formula is C14H24O. The van der Waals surface area contributed by atoms with Crippen LogP contribution in [0.25, 0.3) is 0 Å². The Kier molecular flexibility index (Phi) is 17.3. The third kappa shape index (κ3) is 19.5. The molecule has 0 saturated heterocycles. The minimum atomic E-state index is 0.0787. The van der Waals surface area contributed by atoms with Gasteiger partial charge in [-0.25, -0.2) is 0 Å². The van der Waals surface area contributed by atoms with Gasteiger partial charge in [0.05, 0.1) is 0 Å². The zero-order chi connectivity index (χ0) is 11.9.